The van der Waals surface area contributed by atoms with Crippen LogP contribution in [0.5, 0.6) is 0 Å². The summed E-state index contributed by atoms with van der Waals surface area (Å²) in [6.45, 7) is 4.31. The Morgan fingerprint density at radius 3 is 2.60 bits per heavy atom. The molecule has 210 valence electrons. The van der Waals surface area contributed by atoms with Gasteiger partial charge in [0, 0.05) is 17.0 Å². The van der Waals surface area contributed by atoms with Crippen molar-refractivity contribution < 1.29 is 28.7 Å². The van der Waals surface area contributed by atoms with Crippen molar-refractivity contribution in [3.8, 4) is 11.3 Å². The van der Waals surface area contributed by atoms with Crippen LogP contribution in [-0.2, 0) is 16.9 Å². The van der Waals surface area contributed by atoms with Crippen LogP contribution in [0.3, 0.4) is 0 Å². The molecule has 2 aromatic carbocycles. The van der Waals surface area contributed by atoms with Gasteiger partial charge in [-0.05, 0) is 61.8 Å². The Morgan fingerprint density at radius 2 is 1.95 bits per heavy atom. The molecule has 40 heavy (non-hydrogen) atoms. The molecule has 0 aliphatic heterocycles. The fraction of sp³-hybridized carbons (Fsp3) is 0.414. The molecule has 2 fully saturated rings. The Morgan fingerprint density at radius 1 is 1.23 bits per heavy atom. The van der Waals surface area contributed by atoms with E-state index in [1.165, 1.54) is 6.07 Å². The number of nitrogens with zero attached hydrogens (tertiary/aromatic N) is 2. The van der Waals surface area contributed by atoms with Crippen molar-refractivity contribution in [2.24, 2.45) is 5.41 Å². The van der Waals surface area contributed by atoms with E-state index >= 15 is 0 Å². The molecule has 11 heteroatoms. The molecule has 0 spiro atoms. The highest BCUT2D eigenvalue weighted by molar-refractivity contribution is 7.18. The zero-order valence-corrected chi connectivity index (χ0v) is 24.2. The van der Waals surface area contributed by atoms with Crippen LogP contribution in [0.2, 0.25) is 10.0 Å². The molecule has 0 radical (unpaired) electrons. The third-order valence-electron chi connectivity index (χ3n) is 7.93. The maximum absolute atomic E-state index is 14.6. The Kier molecular flexibility index (Phi) is 6.94. The molecule has 0 bridgehead atoms. The SMILES string of the molecule is CC1(C)C[C@](O)(c2nc3c(F)cc(C(=O)O)cc3s2)CC[C@H]1OCc1c(-c2c(Cl)cccc2Cl)noc1C1CC1. The lowest BCUT2D eigenvalue weighted by Gasteiger charge is -2.45. The van der Waals surface area contributed by atoms with Gasteiger partial charge in [0.05, 0.1) is 33.0 Å². The lowest BCUT2D eigenvalue weighted by molar-refractivity contribution is -0.130. The summed E-state index contributed by atoms with van der Waals surface area (Å²) in [4.78, 5) is 15.8. The van der Waals surface area contributed by atoms with Gasteiger partial charge in [0.1, 0.15) is 27.6 Å². The van der Waals surface area contributed by atoms with E-state index in [2.05, 4.69) is 10.1 Å². The third-order valence-corrected chi connectivity index (χ3v) is 9.75. The number of rotatable bonds is 7. The summed E-state index contributed by atoms with van der Waals surface area (Å²) in [5.41, 5.74) is 0.197. The number of aromatic nitrogens is 2. The summed E-state index contributed by atoms with van der Waals surface area (Å²) < 4.78 is 27.3. The first-order valence-corrected chi connectivity index (χ1v) is 14.6. The fourth-order valence-electron chi connectivity index (χ4n) is 5.75. The lowest BCUT2D eigenvalue weighted by Crippen LogP contribution is -2.45. The van der Waals surface area contributed by atoms with Crippen LogP contribution in [0.15, 0.2) is 34.9 Å². The van der Waals surface area contributed by atoms with E-state index in [1.54, 1.807) is 18.2 Å². The van der Waals surface area contributed by atoms with E-state index < -0.39 is 22.8 Å². The monoisotopic (exact) mass is 604 g/mol. The molecule has 2 N–H and O–H groups in total. The van der Waals surface area contributed by atoms with Gasteiger partial charge in [-0.2, -0.15) is 0 Å². The smallest absolute Gasteiger partial charge is 0.335 e. The number of halogens is 3. The third kappa shape index (κ3) is 4.92. The van der Waals surface area contributed by atoms with Gasteiger partial charge in [-0.3, -0.25) is 0 Å². The molecule has 6 rings (SSSR count). The summed E-state index contributed by atoms with van der Waals surface area (Å²) in [7, 11) is 0. The number of aromatic carboxylic acids is 1. The zero-order valence-electron chi connectivity index (χ0n) is 21.8. The van der Waals surface area contributed by atoms with Gasteiger partial charge in [0.25, 0.3) is 0 Å². The van der Waals surface area contributed by atoms with Crippen LogP contribution in [0.1, 0.15) is 78.6 Å². The predicted molar refractivity (Wildman–Crippen MR) is 151 cm³/mol. The summed E-state index contributed by atoms with van der Waals surface area (Å²) in [6.07, 6.45) is 3.08. The molecule has 2 heterocycles. The number of carbonyl (C=O) groups is 1. The molecule has 2 aliphatic rings. The maximum Gasteiger partial charge on any atom is 0.335 e. The Bertz CT molecular complexity index is 1610. The van der Waals surface area contributed by atoms with Gasteiger partial charge in [0.15, 0.2) is 5.82 Å². The molecule has 4 aromatic rings. The molecule has 2 atom stereocenters. The van der Waals surface area contributed by atoms with Crippen molar-refractivity contribution in [2.45, 2.75) is 70.2 Å². The van der Waals surface area contributed by atoms with Crippen LogP contribution in [0.25, 0.3) is 21.5 Å². The normalized spacial score (nSPS) is 22.6. The molecule has 2 aromatic heterocycles. The number of ether oxygens (including phenoxy) is 1. The van der Waals surface area contributed by atoms with Crippen LogP contribution in [-0.4, -0.2) is 32.4 Å². The standard InChI is InChI=1S/C29H27Cl2FN2O5S/c1-28(2)13-29(37,27-33-24-19(32)10-15(26(35)36)11-20(24)40-27)9-8-21(28)38-12-16-23(34-39-25(16)14-6-7-14)22-17(30)4-3-5-18(22)31/h3-5,10-11,14,21,37H,6-9,12-13H2,1-2H3,(H,35,36)/t21-,29+/m1/s1. The van der Waals surface area contributed by atoms with Gasteiger partial charge in [-0.15, -0.1) is 11.3 Å². The molecule has 0 amide bonds. The predicted octanol–water partition coefficient (Wildman–Crippen LogP) is 7.96. The first kappa shape index (κ1) is 27.6. The van der Waals surface area contributed by atoms with Gasteiger partial charge < -0.3 is 19.5 Å². The van der Waals surface area contributed by atoms with Crippen molar-refractivity contribution >= 4 is 50.7 Å². The number of benzene rings is 2. The Labute approximate surface area is 243 Å². The highest BCUT2D eigenvalue weighted by Gasteiger charge is 2.48. The van der Waals surface area contributed by atoms with E-state index in [4.69, 9.17) is 32.5 Å². The highest BCUT2D eigenvalue weighted by Crippen LogP contribution is 2.50. The minimum Gasteiger partial charge on any atom is -0.478 e. The second kappa shape index (κ2) is 10.1. The van der Waals surface area contributed by atoms with Crippen molar-refractivity contribution in [1.29, 1.82) is 0 Å². The Hall–Kier alpha value is -2.56. The maximum atomic E-state index is 14.6. The van der Waals surface area contributed by atoms with E-state index in [0.29, 0.717) is 56.2 Å². The summed E-state index contributed by atoms with van der Waals surface area (Å²) in [5, 5.41) is 26.7. The van der Waals surface area contributed by atoms with E-state index in [-0.39, 0.29) is 23.8 Å². The molecule has 2 saturated carbocycles. The van der Waals surface area contributed by atoms with Crippen LogP contribution in [0.4, 0.5) is 4.39 Å². The molecule has 0 unspecified atom stereocenters. The quantitative estimate of drug-likeness (QED) is 0.220. The average molecular weight is 606 g/mol. The summed E-state index contributed by atoms with van der Waals surface area (Å²) >= 11 is 14.1. The summed E-state index contributed by atoms with van der Waals surface area (Å²) in [6, 6.07) is 7.66. The van der Waals surface area contributed by atoms with E-state index in [9.17, 15) is 19.4 Å². The molecular weight excluding hydrogens is 578 g/mol. The van der Waals surface area contributed by atoms with Crippen molar-refractivity contribution in [2.75, 3.05) is 0 Å². The van der Waals surface area contributed by atoms with Crippen molar-refractivity contribution in [1.82, 2.24) is 10.1 Å². The molecule has 0 saturated heterocycles. The second-order valence-corrected chi connectivity index (χ2v) is 13.3. The first-order valence-electron chi connectivity index (χ1n) is 13.1. The number of hydrogen-bond acceptors (Lipinski definition) is 7. The molecular formula is C29H27Cl2FN2O5S. The van der Waals surface area contributed by atoms with Crippen molar-refractivity contribution in [3.05, 3.63) is 68.1 Å². The highest BCUT2D eigenvalue weighted by atomic mass is 35.5. The number of aliphatic hydroxyl groups is 1. The van der Waals surface area contributed by atoms with E-state index in [1.807, 2.05) is 13.8 Å². The summed E-state index contributed by atoms with van der Waals surface area (Å²) in [5.74, 6) is -0.835. The zero-order chi connectivity index (χ0) is 28.4. The average Bonchev–Trinajstić information content (AvgIpc) is 3.48. The minimum atomic E-state index is -1.30. The van der Waals surface area contributed by atoms with Crippen LogP contribution < -0.4 is 0 Å². The number of hydrogen-bond donors (Lipinski definition) is 2. The van der Waals surface area contributed by atoms with Crippen molar-refractivity contribution in [3.63, 3.8) is 0 Å². The molecule has 2 aliphatic carbocycles. The topological polar surface area (TPSA) is 106 Å². The fourth-order valence-corrected chi connectivity index (χ4v) is 7.46. The Balaban J connectivity index is 1.24. The van der Waals surface area contributed by atoms with Gasteiger partial charge >= 0.3 is 5.97 Å². The van der Waals surface area contributed by atoms with Gasteiger partial charge in [-0.1, -0.05) is 48.3 Å². The minimum absolute atomic E-state index is 0.0698. The first-order chi connectivity index (χ1) is 19.0. The lowest BCUT2D eigenvalue weighted by atomic mass is 9.68. The van der Waals surface area contributed by atoms with Gasteiger partial charge in [0.2, 0.25) is 0 Å². The van der Waals surface area contributed by atoms with Crippen LogP contribution in [0, 0.1) is 11.2 Å². The molecule has 7 nitrogen and oxygen atoms in total. The number of carboxylic acids is 1. The number of carboxylic acid groups (broad SMARTS) is 1. The van der Waals surface area contributed by atoms with Crippen LogP contribution >= 0.6 is 34.5 Å². The second-order valence-electron chi connectivity index (χ2n) is 11.4. The van der Waals surface area contributed by atoms with E-state index in [0.717, 1.165) is 41.6 Å². The number of thiazole rings is 1. The largest absolute Gasteiger partial charge is 0.478 e. The van der Waals surface area contributed by atoms with Gasteiger partial charge in [-0.25, -0.2) is 14.2 Å². The number of fused-ring (bicyclic) bond motifs is 1.